The molecule has 5 heteroatoms. The molecular formula is C20H28N2O3. The van der Waals surface area contributed by atoms with E-state index < -0.39 is 0 Å². The van der Waals surface area contributed by atoms with Crippen LogP contribution in [0.4, 0.5) is 0 Å². The summed E-state index contributed by atoms with van der Waals surface area (Å²) < 4.78 is 5.68. The first-order chi connectivity index (χ1) is 12.0. The summed E-state index contributed by atoms with van der Waals surface area (Å²) in [5, 5.41) is 0. The molecule has 0 unspecified atom stereocenters. The summed E-state index contributed by atoms with van der Waals surface area (Å²) in [4.78, 5) is 28.6. The number of rotatable bonds is 6. The summed E-state index contributed by atoms with van der Waals surface area (Å²) in [6, 6.07) is 7.99. The van der Waals surface area contributed by atoms with Gasteiger partial charge in [-0.25, -0.2) is 0 Å². The Kier molecular flexibility index (Phi) is 5.74. The van der Waals surface area contributed by atoms with Crippen LogP contribution in [0.5, 0.6) is 0 Å². The Bertz CT molecular complexity index is 619. The fraction of sp³-hybridized carbons (Fsp3) is 0.600. The number of ether oxygens (including phenoxy) is 1. The fourth-order valence-electron chi connectivity index (χ4n) is 3.15. The van der Waals surface area contributed by atoms with E-state index in [9.17, 15) is 9.59 Å². The van der Waals surface area contributed by atoms with E-state index in [0.29, 0.717) is 45.1 Å². The highest BCUT2D eigenvalue weighted by molar-refractivity contribution is 5.82. The summed E-state index contributed by atoms with van der Waals surface area (Å²) in [5.41, 5.74) is 2.22. The Morgan fingerprint density at radius 3 is 2.40 bits per heavy atom. The molecular weight excluding hydrogens is 316 g/mol. The topological polar surface area (TPSA) is 49.9 Å². The third-order valence-electron chi connectivity index (χ3n) is 5.17. The molecule has 1 saturated heterocycles. The second-order valence-corrected chi connectivity index (χ2v) is 7.23. The van der Waals surface area contributed by atoms with Gasteiger partial charge in [0.05, 0.1) is 13.0 Å². The Balaban J connectivity index is 1.45. The summed E-state index contributed by atoms with van der Waals surface area (Å²) in [6.45, 7) is 6.95. The van der Waals surface area contributed by atoms with Gasteiger partial charge in [0.25, 0.3) is 5.91 Å². The van der Waals surface area contributed by atoms with Gasteiger partial charge in [-0.1, -0.05) is 24.3 Å². The second-order valence-electron chi connectivity index (χ2n) is 7.23. The van der Waals surface area contributed by atoms with Crippen molar-refractivity contribution in [2.45, 2.75) is 39.2 Å². The Morgan fingerprint density at radius 2 is 1.76 bits per heavy atom. The van der Waals surface area contributed by atoms with Gasteiger partial charge in [-0.2, -0.15) is 0 Å². The van der Waals surface area contributed by atoms with Gasteiger partial charge in [-0.15, -0.1) is 0 Å². The van der Waals surface area contributed by atoms with Crippen molar-refractivity contribution in [3.05, 3.63) is 35.4 Å². The van der Waals surface area contributed by atoms with Crippen molar-refractivity contribution in [3.8, 4) is 0 Å². The number of nitrogens with zero attached hydrogens (tertiary/aromatic N) is 2. The number of hydrogen-bond acceptors (Lipinski definition) is 3. The molecule has 0 radical (unpaired) electrons. The largest absolute Gasteiger partial charge is 0.368 e. The lowest BCUT2D eigenvalue weighted by atomic mass is 10.1. The molecule has 1 aliphatic heterocycles. The molecule has 0 aromatic heterocycles. The van der Waals surface area contributed by atoms with E-state index in [-0.39, 0.29) is 17.9 Å². The number of benzene rings is 1. The molecule has 2 fully saturated rings. The minimum Gasteiger partial charge on any atom is -0.368 e. The highest BCUT2D eigenvalue weighted by Gasteiger charge is 2.29. The Labute approximate surface area is 149 Å². The predicted molar refractivity (Wildman–Crippen MR) is 96.2 cm³/mol. The van der Waals surface area contributed by atoms with Crippen molar-refractivity contribution in [2.24, 2.45) is 5.92 Å². The minimum absolute atomic E-state index is 0.0478. The maximum Gasteiger partial charge on any atom is 0.251 e. The molecule has 1 heterocycles. The van der Waals surface area contributed by atoms with E-state index in [1.807, 2.05) is 47.9 Å². The zero-order chi connectivity index (χ0) is 17.8. The fourth-order valence-corrected chi connectivity index (χ4v) is 3.15. The van der Waals surface area contributed by atoms with Gasteiger partial charge in [0.15, 0.2) is 0 Å². The molecule has 0 bridgehead atoms. The van der Waals surface area contributed by atoms with Gasteiger partial charge in [-0.3, -0.25) is 9.59 Å². The van der Waals surface area contributed by atoms with E-state index in [4.69, 9.17) is 4.74 Å². The highest BCUT2D eigenvalue weighted by Crippen LogP contribution is 2.29. The lowest BCUT2D eigenvalue weighted by Crippen LogP contribution is -2.53. The normalized spacial score (nSPS) is 19.0. The average molecular weight is 344 g/mol. The monoisotopic (exact) mass is 344 g/mol. The maximum absolute atomic E-state index is 12.5. The molecule has 25 heavy (non-hydrogen) atoms. The van der Waals surface area contributed by atoms with Crippen LogP contribution in [0.1, 0.15) is 30.9 Å². The molecule has 1 atom stereocenters. The van der Waals surface area contributed by atoms with Crippen molar-refractivity contribution in [2.75, 3.05) is 32.8 Å². The van der Waals surface area contributed by atoms with E-state index in [0.717, 1.165) is 11.1 Å². The van der Waals surface area contributed by atoms with Gasteiger partial charge < -0.3 is 14.5 Å². The molecule has 0 spiro atoms. The van der Waals surface area contributed by atoms with Crippen molar-refractivity contribution in [1.29, 1.82) is 0 Å². The molecule has 136 valence electrons. The van der Waals surface area contributed by atoms with Gasteiger partial charge in [0, 0.05) is 26.2 Å². The van der Waals surface area contributed by atoms with Crippen LogP contribution in [-0.4, -0.2) is 60.5 Å². The lowest BCUT2D eigenvalue weighted by molar-refractivity contribution is -0.147. The number of hydrogen-bond donors (Lipinski definition) is 0. The molecule has 1 aromatic rings. The first-order valence-corrected chi connectivity index (χ1v) is 9.27. The van der Waals surface area contributed by atoms with Gasteiger partial charge in [0.2, 0.25) is 5.91 Å². The summed E-state index contributed by atoms with van der Waals surface area (Å²) in [7, 11) is 0. The van der Waals surface area contributed by atoms with Gasteiger partial charge in [-0.05, 0) is 43.7 Å². The standard InChI is InChI=1S/C20H28N2O3/c1-15-5-3-4-6-18(15)13-19(23)21-9-11-22(12-10-21)20(24)16(2)25-14-17-7-8-17/h3-6,16-17H,7-14H2,1-2H3/t16-/m1/s1. The third kappa shape index (κ3) is 4.82. The molecule has 2 aliphatic rings. The van der Waals surface area contributed by atoms with Gasteiger partial charge >= 0.3 is 0 Å². The highest BCUT2D eigenvalue weighted by atomic mass is 16.5. The quantitative estimate of drug-likeness (QED) is 0.793. The van der Waals surface area contributed by atoms with Crippen LogP contribution in [0.15, 0.2) is 24.3 Å². The Morgan fingerprint density at radius 1 is 1.12 bits per heavy atom. The molecule has 0 N–H and O–H groups in total. The number of amides is 2. The van der Waals surface area contributed by atoms with Crippen molar-refractivity contribution in [1.82, 2.24) is 9.80 Å². The van der Waals surface area contributed by atoms with Crippen LogP contribution in [0, 0.1) is 12.8 Å². The number of piperazine rings is 1. The first kappa shape index (κ1) is 17.9. The number of aryl methyl sites for hydroxylation is 1. The van der Waals surface area contributed by atoms with E-state index in [1.165, 1.54) is 12.8 Å². The minimum atomic E-state index is -0.380. The second kappa shape index (κ2) is 8.00. The van der Waals surface area contributed by atoms with Crippen molar-refractivity contribution >= 4 is 11.8 Å². The SMILES string of the molecule is Cc1ccccc1CC(=O)N1CCN(C(=O)[C@@H](C)OCC2CC2)CC1. The van der Waals surface area contributed by atoms with Crippen LogP contribution in [0.25, 0.3) is 0 Å². The third-order valence-corrected chi connectivity index (χ3v) is 5.17. The number of carbonyl (C=O) groups is 2. The average Bonchev–Trinajstić information content (AvgIpc) is 3.45. The van der Waals surface area contributed by atoms with Crippen LogP contribution in [-0.2, 0) is 20.7 Å². The van der Waals surface area contributed by atoms with Crippen molar-refractivity contribution < 1.29 is 14.3 Å². The lowest BCUT2D eigenvalue weighted by Gasteiger charge is -2.36. The predicted octanol–water partition coefficient (Wildman–Crippen LogP) is 2.02. The molecule has 1 aromatic carbocycles. The maximum atomic E-state index is 12.5. The van der Waals surface area contributed by atoms with Crippen LogP contribution in [0.2, 0.25) is 0 Å². The van der Waals surface area contributed by atoms with Crippen molar-refractivity contribution in [3.63, 3.8) is 0 Å². The first-order valence-electron chi connectivity index (χ1n) is 9.27. The molecule has 5 nitrogen and oxygen atoms in total. The van der Waals surface area contributed by atoms with E-state index in [2.05, 4.69) is 0 Å². The van der Waals surface area contributed by atoms with Crippen LogP contribution >= 0.6 is 0 Å². The molecule has 1 saturated carbocycles. The zero-order valence-corrected chi connectivity index (χ0v) is 15.2. The van der Waals surface area contributed by atoms with E-state index in [1.54, 1.807) is 0 Å². The van der Waals surface area contributed by atoms with Gasteiger partial charge in [0.1, 0.15) is 6.10 Å². The van der Waals surface area contributed by atoms with Crippen LogP contribution in [0.3, 0.4) is 0 Å². The summed E-state index contributed by atoms with van der Waals surface area (Å²) >= 11 is 0. The zero-order valence-electron chi connectivity index (χ0n) is 15.2. The molecule has 3 rings (SSSR count). The molecule has 1 aliphatic carbocycles. The summed E-state index contributed by atoms with van der Waals surface area (Å²) in [6.07, 6.45) is 2.50. The smallest absolute Gasteiger partial charge is 0.251 e. The van der Waals surface area contributed by atoms with E-state index >= 15 is 0 Å². The summed E-state index contributed by atoms with van der Waals surface area (Å²) in [5.74, 6) is 0.845. The Hall–Kier alpha value is -1.88. The molecule has 2 amide bonds. The van der Waals surface area contributed by atoms with Crippen LogP contribution < -0.4 is 0 Å². The number of carbonyl (C=O) groups excluding carboxylic acids is 2.